The van der Waals surface area contributed by atoms with E-state index in [1.54, 1.807) is 0 Å². The molecule has 0 saturated carbocycles. The molecular weight excluding hydrogens is 216 g/mol. The van der Waals surface area contributed by atoms with E-state index in [4.69, 9.17) is 10.8 Å². The third-order valence-electron chi connectivity index (χ3n) is 3.61. The molecule has 0 spiro atoms. The first-order chi connectivity index (χ1) is 8.17. The molecule has 0 radical (unpaired) electrons. The van der Waals surface area contributed by atoms with Crippen LogP contribution in [0.1, 0.15) is 23.2 Å². The molecule has 1 fully saturated rings. The van der Waals surface area contributed by atoms with E-state index in [-0.39, 0.29) is 6.61 Å². The first kappa shape index (κ1) is 12.3. The van der Waals surface area contributed by atoms with E-state index in [0.717, 1.165) is 42.1 Å². The van der Waals surface area contributed by atoms with Gasteiger partial charge >= 0.3 is 0 Å². The molecule has 1 unspecified atom stereocenters. The van der Waals surface area contributed by atoms with Crippen molar-refractivity contribution in [1.29, 1.82) is 0 Å². The number of nitrogens with zero attached hydrogens (tertiary/aromatic N) is 3. The van der Waals surface area contributed by atoms with Crippen molar-refractivity contribution in [1.82, 2.24) is 10.2 Å². The second kappa shape index (κ2) is 4.98. The van der Waals surface area contributed by atoms with Gasteiger partial charge in [0.1, 0.15) is 0 Å². The van der Waals surface area contributed by atoms with E-state index in [9.17, 15) is 0 Å². The van der Waals surface area contributed by atoms with Crippen LogP contribution in [0.25, 0.3) is 0 Å². The van der Waals surface area contributed by atoms with Gasteiger partial charge in [0.15, 0.2) is 5.82 Å². The number of aliphatic hydroxyl groups is 1. The van der Waals surface area contributed by atoms with Crippen molar-refractivity contribution in [2.24, 2.45) is 11.7 Å². The Bertz CT molecular complexity index is 408. The van der Waals surface area contributed by atoms with Crippen LogP contribution in [0.3, 0.4) is 0 Å². The molecule has 0 aliphatic carbocycles. The highest BCUT2D eigenvalue weighted by atomic mass is 16.3. The highest BCUT2D eigenvalue weighted by molar-refractivity contribution is 5.51. The molecule has 1 atom stereocenters. The Kier molecular flexibility index (Phi) is 3.59. The lowest BCUT2D eigenvalue weighted by Crippen LogP contribution is -2.25. The Morgan fingerprint density at radius 1 is 1.41 bits per heavy atom. The monoisotopic (exact) mass is 236 g/mol. The van der Waals surface area contributed by atoms with Crippen LogP contribution in [-0.2, 0) is 6.54 Å². The topological polar surface area (TPSA) is 75.3 Å². The molecular formula is C12H20N4O. The number of nitrogens with two attached hydrogens (primary N) is 1. The van der Waals surface area contributed by atoms with Crippen molar-refractivity contribution in [2.45, 2.75) is 26.8 Å². The summed E-state index contributed by atoms with van der Waals surface area (Å²) in [5.41, 5.74) is 8.96. The Labute approximate surface area is 102 Å². The molecule has 5 heteroatoms. The molecule has 2 heterocycles. The molecule has 0 amide bonds. The number of rotatable bonds is 3. The molecule has 0 aromatic carbocycles. The smallest absolute Gasteiger partial charge is 0.156 e. The van der Waals surface area contributed by atoms with E-state index in [1.807, 2.05) is 13.8 Å². The molecule has 94 valence electrons. The summed E-state index contributed by atoms with van der Waals surface area (Å²) in [4.78, 5) is 2.18. The predicted octanol–water partition coefficient (Wildman–Crippen LogP) is 0.371. The predicted molar refractivity (Wildman–Crippen MR) is 66.8 cm³/mol. The van der Waals surface area contributed by atoms with Crippen LogP contribution in [0.5, 0.6) is 0 Å². The number of aliphatic hydroxyl groups excluding tert-OH is 1. The third-order valence-corrected chi connectivity index (χ3v) is 3.61. The second-order valence-corrected chi connectivity index (χ2v) is 4.70. The van der Waals surface area contributed by atoms with Gasteiger partial charge < -0.3 is 15.7 Å². The summed E-state index contributed by atoms with van der Waals surface area (Å²) in [5, 5.41) is 17.6. The van der Waals surface area contributed by atoms with Gasteiger partial charge in [-0.2, -0.15) is 5.10 Å². The van der Waals surface area contributed by atoms with Crippen molar-refractivity contribution in [2.75, 3.05) is 24.6 Å². The van der Waals surface area contributed by atoms with E-state index in [2.05, 4.69) is 15.1 Å². The van der Waals surface area contributed by atoms with Crippen molar-refractivity contribution in [3.63, 3.8) is 0 Å². The maximum absolute atomic E-state index is 9.17. The van der Waals surface area contributed by atoms with Gasteiger partial charge in [-0.1, -0.05) is 0 Å². The maximum atomic E-state index is 9.17. The van der Waals surface area contributed by atoms with E-state index in [0.29, 0.717) is 12.5 Å². The number of hydrogen-bond acceptors (Lipinski definition) is 5. The molecule has 1 saturated heterocycles. The van der Waals surface area contributed by atoms with E-state index >= 15 is 0 Å². The van der Waals surface area contributed by atoms with Gasteiger partial charge in [0.05, 0.1) is 5.69 Å². The number of anilines is 1. The Morgan fingerprint density at radius 2 is 2.18 bits per heavy atom. The molecule has 3 N–H and O–H groups in total. The van der Waals surface area contributed by atoms with Gasteiger partial charge in [0, 0.05) is 37.7 Å². The van der Waals surface area contributed by atoms with Gasteiger partial charge in [-0.05, 0) is 25.8 Å². The molecule has 2 rings (SSSR count). The van der Waals surface area contributed by atoms with Gasteiger partial charge in [-0.15, -0.1) is 5.10 Å². The van der Waals surface area contributed by atoms with Crippen LogP contribution in [0.4, 0.5) is 5.82 Å². The molecule has 1 aliphatic rings. The first-order valence-electron chi connectivity index (χ1n) is 6.06. The van der Waals surface area contributed by atoms with Crippen LogP contribution >= 0.6 is 0 Å². The standard InChI is InChI=1S/C12H20N4O/c1-8-9(2)14-15-12(11(8)5-13)16-4-3-10(6-16)7-17/h10,17H,3-7,13H2,1-2H3. The Morgan fingerprint density at radius 3 is 2.76 bits per heavy atom. The molecule has 5 nitrogen and oxygen atoms in total. The second-order valence-electron chi connectivity index (χ2n) is 4.70. The summed E-state index contributed by atoms with van der Waals surface area (Å²) in [7, 11) is 0. The number of aromatic nitrogens is 2. The van der Waals surface area contributed by atoms with Crippen molar-refractivity contribution >= 4 is 5.82 Å². The van der Waals surface area contributed by atoms with Gasteiger partial charge in [-0.3, -0.25) is 0 Å². The normalized spacial score (nSPS) is 20.0. The van der Waals surface area contributed by atoms with Crippen LogP contribution in [0, 0.1) is 19.8 Å². The first-order valence-corrected chi connectivity index (χ1v) is 6.06. The summed E-state index contributed by atoms with van der Waals surface area (Å²) in [6.45, 7) is 6.49. The minimum absolute atomic E-state index is 0.243. The number of aryl methyl sites for hydroxylation is 1. The third kappa shape index (κ3) is 2.25. The Hall–Kier alpha value is -1.20. The quantitative estimate of drug-likeness (QED) is 0.793. The van der Waals surface area contributed by atoms with Gasteiger partial charge in [0.25, 0.3) is 0 Å². The maximum Gasteiger partial charge on any atom is 0.156 e. The van der Waals surface area contributed by atoms with Crippen molar-refractivity contribution in [3.05, 3.63) is 16.8 Å². The summed E-state index contributed by atoms with van der Waals surface area (Å²) in [5.74, 6) is 1.25. The summed E-state index contributed by atoms with van der Waals surface area (Å²) >= 11 is 0. The zero-order valence-corrected chi connectivity index (χ0v) is 10.5. The molecule has 1 aromatic rings. The zero-order valence-electron chi connectivity index (χ0n) is 10.5. The highest BCUT2D eigenvalue weighted by Crippen LogP contribution is 2.26. The largest absolute Gasteiger partial charge is 0.396 e. The zero-order chi connectivity index (χ0) is 12.4. The fraction of sp³-hybridized carbons (Fsp3) is 0.667. The fourth-order valence-electron chi connectivity index (χ4n) is 2.32. The molecule has 17 heavy (non-hydrogen) atoms. The lowest BCUT2D eigenvalue weighted by atomic mass is 10.1. The van der Waals surface area contributed by atoms with Gasteiger partial charge in [-0.25, -0.2) is 0 Å². The lowest BCUT2D eigenvalue weighted by molar-refractivity contribution is 0.238. The number of hydrogen-bond donors (Lipinski definition) is 2. The summed E-state index contributed by atoms with van der Waals surface area (Å²) < 4.78 is 0. The summed E-state index contributed by atoms with van der Waals surface area (Å²) in [6.07, 6.45) is 1.01. The average molecular weight is 236 g/mol. The highest BCUT2D eigenvalue weighted by Gasteiger charge is 2.25. The lowest BCUT2D eigenvalue weighted by Gasteiger charge is -2.21. The minimum Gasteiger partial charge on any atom is -0.396 e. The van der Waals surface area contributed by atoms with E-state index in [1.165, 1.54) is 0 Å². The van der Waals surface area contributed by atoms with Crippen LogP contribution in [0.2, 0.25) is 0 Å². The van der Waals surface area contributed by atoms with Gasteiger partial charge in [0.2, 0.25) is 0 Å². The van der Waals surface area contributed by atoms with Crippen molar-refractivity contribution < 1.29 is 5.11 Å². The molecule has 1 aliphatic heterocycles. The molecule has 0 bridgehead atoms. The van der Waals surface area contributed by atoms with Crippen LogP contribution in [-0.4, -0.2) is 35.0 Å². The van der Waals surface area contributed by atoms with Crippen LogP contribution < -0.4 is 10.6 Å². The average Bonchev–Trinajstić information content (AvgIpc) is 2.81. The minimum atomic E-state index is 0.243. The molecule has 1 aromatic heterocycles. The van der Waals surface area contributed by atoms with E-state index < -0.39 is 0 Å². The van der Waals surface area contributed by atoms with Crippen LogP contribution in [0.15, 0.2) is 0 Å². The Balaban J connectivity index is 2.30. The summed E-state index contributed by atoms with van der Waals surface area (Å²) in [6, 6.07) is 0. The fourth-order valence-corrected chi connectivity index (χ4v) is 2.32. The SMILES string of the molecule is Cc1nnc(N2CCC(CO)C2)c(CN)c1C. The van der Waals surface area contributed by atoms with Crippen molar-refractivity contribution in [3.8, 4) is 0 Å².